The highest BCUT2D eigenvalue weighted by atomic mass is 16.5. The summed E-state index contributed by atoms with van der Waals surface area (Å²) in [5.41, 5.74) is 0. The molecule has 1 rings (SSSR count). The fourth-order valence-electron chi connectivity index (χ4n) is 1.90. The quantitative estimate of drug-likeness (QED) is 0.479. The molecule has 1 aliphatic heterocycles. The number of carbonyl (C=O) groups excluding carboxylic acids is 1. The lowest BCUT2D eigenvalue weighted by atomic mass is 10.2. The van der Waals surface area contributed by atoms with Crippen LogP contribution in [0.2, 0.25) is 0 Å². The molecule has 0 N–H and O–H groups in total. The van der Waals surface area contributed by atoms with Crippen molar-refractivity contribution in [2.75, 3.05) is 26.2 Å². The molecular weight excluding hydrogens is 190 g/mol. The van der Waals surface area contributed by atoms with Gasteiger partial charge in [-0.3, -0.25) is 4.79 Å². The summed E-state index contributed by atoms with van der Waals surface area (Å²) in [5.74, 6) is -0.0294. The molecule has 0 unspecified atom stereocenters. The van der Waals surface area contributed by atoms with Crippen LogP contribution in [0.1, 0.15) is 45.4 Å². The van der Waals surface area contributed by atoms with Gasteiger partial charge in [-0.2, -0.15) is 0 Å². The average Bonchev–Trinajstić information content (AvgIpc) is 2.74. The van der Waals surface area contributed by atoms with Crippen molar-refractivity contribution >= 4 is 5.97 Å². The highest BCUT2D eigenvalue weighted by Crippen LogP contribution is 2.09. The fraction of sp³-hybridized carbons (Fsp3) is 0.917. The molecule has 0 atom stereocenters. The van der Waals surface area contributed by atoms with Crippen LogP contribution in [0.5, 0.6) is 0 Å². The number of likely N-dealkylation sites (tertiary alicyclic amines) is 1. The first kappa shape index (κ1) is 12.5. The Morgan fingerprint density at radius 1 is 1.27 bits per heavy atom. The lowest BCUT2D eigenvalue weighted by Gasteiger charge is -2.13. The fourth-order valence-corrected chi connectivity index (χ4v) is 1.90. The third-order valence-electron chi connectivity index (χ3n) is 2.77. The molecule has 0 bridgehead atoms. The minimum atomic E-state index is -0.0294. The molecule has 1 fully saturated rings. The SMILES string of the molecule is CCCOC(=O)CCCCN1CCCC1. The highest BCUT2D eigenvalue weighted by molar-refractivity contribution is 5.69. The number of rotatable bonds is 7. The Hall–Kier alpha value is -0.570. The van der Waals surface area contributed by atoms with Gasteiger partial charge in [0.15, 0.2) is 0 Å². The van der Waals surface area contributed by atoms with Gasteiger partial charge in [0.25, 0.3) is 0 Å². The summed E-state index contributed by atoms with van der Waals surface area (Å²) in [6.45, 7) is 6.24. The van der Waals surface area contributed by atoms with E-state index in [1.807, 2.05) is 6.92 Å². The van der Waals surface area contributed by atoms with Crippen molar-refractivity contribution in [3.05, 3.63) is 0 Å². The summed E-state index contributed by atoms with van der Waals surface area (Å²) in [4.78, 5) is 13.6. The molecule has 88 valence electrons. The van der Waals surface area contributed by atoms with Crippen molar-refractivity contribution in [2.45, 2.75) is 45.4 Å². The van der Waals surface area contributed by atoms with Gasteiger partial charge in [-0.25, -0.2) is 0 Å². The van der Waals surface area contributed by atoms with E-state index in [9.17, 15) is 4.79 Å². The van der Waals surface area contributed by atoms with Gasteiger partial charge in [0.2, 0.25) is 0 Å². The Balaban J connectivity index is 1.89. The van der Waals surface area contributed by atoms with Crippen molar-refractivity contribution in [1.82, 2.24) is 4.90 Å². The van der Waals surface area contributed by atoms with Gasteiger partial charge in [0.05, 0.1) is 6.61 Å². The lowest BCUT2D eigenvalue weighted by molar-refractivity contribution is -0.143. The summed E-state index contributed by atoms with van der Waals surface area (Å²) in [6.07, 6.45) is 6.30. The Kier molecular flexibility index (Phi) is 6.41. The van der Waals surface area contributed by atoms with Crippen molar-refractivity contribution in [3.63, 3.8) is 0 Å². The molecule has 0 aromatic rings. The number of nitrogens with zero attached hydrogens (tertiary/aromatic N) is 1. The van der Waals surface area contributed by atoms with Gasteiger partial charge < -0.3 is 9.64 Å². The molecule has 0 aromatic heterocycles. The lowest BCUT2D eigenvalue weighted by Crippen LogP contribution is -2.20. The van der Waals surface area contributed by atoms with Gasteiger partial charge in [0, 0.05) is 6.42 Å². The maximum Gasteiger partial charge on any atom is 0.305 e. The maximum absolute atomic E-state index is 11.2. The first-order valence-corrected chi connectivity index (χ1v) is 6.21. The number of unbranched alkanes of at least 4 members (excludes halogenated alkanes) is 1. The van der Waals surface area contributed by atoms with Gasteiger partial charge in [-0.05, 0) is 51.7 Å². The first-order valence-electron chi connectivity index (χ1n) is 6.21. The number of hydrogen-bond donors (Lipinski definition) is 0. The third-order valence-corrected chi connectivity index (χ3v) is 2.77. The van der Waals surface area contributed by atoms with E-state index in [-0.39, 0.29) is 5.97 Å². The largest absolute Gasteiger partial charge is 0.466 e. The molecule has 0 aliphatic carbocycles. The van der Waals surface area contributed by atoms with E-state index >= 15 is 0 Å². The number of ether oxygens (including phenoxy) is 1. The number of hydrogen-bond acceptors (Lipinski definition) is 3. The molecule has 1 heterocycles. The average molecular weight is 213 g/mol. The first-order chi connectivity index (χ1) is 7.33. The van der Waals surface area contributed by atoms with Gasteiger partial charge in [-0.1, -0.05) is 6.92 Å². The Bertz CT molecular complexity index is 176. The minimum absolute atomic E-state index is 0.0294. The zero-order valence-corrected chi connectivity index (χ0v) is 9.83. The molecule has 3 nitrogen and oxygen atoms in total. The predicted octanol–water partition coefficient (Wildman–Crippen LogP) is 2.21. The molecule has 0 aromatic carbocycles. The van der Waals surface area contributed by atoms with Crippen LogP contribution in [0.25, 0.3) is 0 Å². The summed E-state index contributed by atoms with van der Waals surface area (Å²) >= 11 is 0. The van der Waals surface area contributed by atoms with Crippen molar-refractivity contribution in [1.29, 1.82) is 0 Å². The van der Waals surface area contributed by atoms with Crippen LogP contribution in [-0.4, -0.2) is 37.1 Å². The Morgan fingerprint density at radius 3 is 2.67 bits per heavy atom. The molecule has 0 amide bonds. The maximum atomic E-state index is 11.2. The molecule has 1 saturated heterocycles. The smallest absolute Gasteiger partial charge is 0.305 e. The monoisotopic (exact) mass is 213 g/mol. The summed E-state index contributed by atoms with van der Waals surface area (Å²) in [5, 5.41) is 0. The molecule has 0 saturated carbocycles. The number of esters is 1. The van der Waals surface area contributed by atoms with Crippen molar-refractivity contribution in [3.8, 4) is 0 Å². The van der Waals surface area contributed by atoms with E-state index in [4.69, 9.17) is 4.74 Å². The molecule has 1 aliphatic rings. The Morgan fingerprint density at radius 2 is 2.00 bits per heavy atom. The van der Waals surface area contributed by atoms with Crippen LogP contribution in [0.4, 0.5) is 0 Å². The van der Waals surface area contributed by atoms with Gasteiger partial charge in [0.1, 0.15) is 0 Å². The highest BCUT2D eigenvalue weighted by Gasteiger charge is 2.10. The van der Waals surface area contributed by atoms with Crippen LogP contribution in [0, 0.1) is 0 Å². The van der Waals surface area contributed by atoms with Crippen LogP contribution in [-0.2, 0) is 9.53 Å². The molecular formula is C12H23NO2. The molecule has 0 spiro atoms. The normalized spacial score (nSPS) is 16.9. The number of carbonyl (C=O) groups is 1. The van der Waals surface area contributed by atoms with Gasteiger partial charge >= 0.3 is 5.97 Å². The second-order valence-corrected chi connectivity index (χ2v) is 4.23. The standard InChI is InChI=1S/C12H23NO2/c1-2-11-15-12(14)7-3-4-8-13-9-5-6-10-13/h2-11H2,1H3. The summed E-state index contributed by atoms with van der Waals surface area (Å²) < 4.78 is 5.01. The van der Waals surface area contributed by atoms with E-state index < -0.39 is 0 Å². The van der Waals surface area contributed by atoms with E-state index in [1.165, 1.54) is 25.9 Å². The van der Waals surface area contributed by atoms with Crippen LogP contribution in [0.3, 0.4) is 0 Å². The summed E-state index contributed by atoms with van der Waals surface area (Å²) in [6, 6.07) is 0. The topological polar surface area (TPSA) is 29.5 Å². The minimum Gasteiger partial charge on any atom is -0.466 e. The molecule has 15 heavy (non-hydrogen) atoms. The van der Waals surface area contributed by atoms with Crippen molar-refractivity contribution in [2.24, 2.45) is 0 Å². The zero-order chi connectivity index (χ0) is 10.9. The van der Waals surface area contributed by atoms with Crippen LogP contribution in [0.15, 0.2) is 0 Å². The van der Waals surface area contributed by atoms with Crippen molar-refractivity contribution < 1.29 is 9.53 Å². The zero-order valence-electron chi connectivity index (χ0n) is 9.83. The second-order valence-electron chi connectivity index (χ2n) is 4.23. The van der Waals surface area contributed by atoms with E-state index in [1.54, 1.807) is 0 Å². The van der Waals surface area contributed by atoms with Crippen LogP contribution >= 0.6 is 0 Å². The van der Waals surface area contributed by atoms with E-state index in [0.29, 0.717) is 13.0 Å². The van der Waals surface area contributed by atoms with E-state index in [2.05, 4.69) is 4.90 Å². The summed E-state index contributed by atoms with van der Waals surface area (Å²) in [7, 11) is 0. The molecule has 3 heteroatoms. The van der Waals surface area contributed by atoms with Crippen LogP contribution < -0.4 is 0 Å². The second kappa shape index (κ2) is 7.69. The van der Waals surface area contributed by atoms with Gasteiger partial charge in [-0.15, -0.1) is 0 Å². The van der Waals surface area contributed by atoms with E-state index in [0.717, 1.165) is 25.8 Å². The predicted molar refractivity (Wildman–Crippen MR) is 60.8 cm³/mol. The third kappa shape index (κ3) is 5.78. The Labute approximate surface area is 92.8 Å². The molecule has 0 radical (unpaired) electrons.